The summed E-state index contributed by atoms with van der Waals surface area (Å²) in [6.45, 7) is 8.72. The summed E-state index contributed by atoms with van der Waals surface area (Å²) < 4.78 is 16.7. The summed E-state index contributed by atoms with van der Waals surface area (Å²) in [5.41, 5.74) is 0.664. The predicted octanol–water partition coefficient (Wildman–Crippen LogP) is 3.15. The van der Waals surface area contributed by atoms with E-state index >= 15 is 0 Å². The number of carbonyl (C=O) groups is 2. The van der Waals surface area contributed by atoms with Crippen LogP contribution in [0.5, 0.6) is 0 Å². The summed E-state index contributed by atoms with van der Waals surface area (Å²) in [6.07, 6.45) is 1.78. The third-order valence-electron chi connectivity index (χ3n) is 5.45. The number of rotatable bonds is 8. The van der Waals surface area contributed by atoms with Crippen LogP contribution in [-0.4, -0.2) is 69.6 Å². The Labute approximate surface area is 199 Å². The second-order valence-electron chi connectivity index (χ2n) is 9.33. The van der Waals surface area contributed by atoms with Crippen LogP contribution >= 0.6 is 0 Å². The fraction of sp³-hybridized carbons (Fsp3) is 0.583. The van der Waals surface area contributed by atoms with Crippen LogP contribution in [0.15, 0.2) is 28.8 Å². The van der Waals surface area contributed by atoms with Gasteiger partial charge in [-0.15, -0.1) is 0 Å². The summed E-state index contributed by atoms with van der Waals surface area (Å²) in [5, 5.41) is 16.0. The lowest BCUT2D eigenvalue weighted by atomic mass is 10.1. The molecule has 2 heterocycles. The molecule has 10 heteroatoms. The zero-order chi connectivity index (χ0) is 24.7. The molecule has 2 amide bonds. The van der Waals surface area contributed by atoms with E-state index in [-0.39, 0.29) is 37.4 Å². The van der Waals surface area contributed by atoms with Crippen LogP contribution in [0.2, 0.25) is 0 Å². The predicted molar refractivity (Wildman–Crippen MR) is 124 cm³/mol. The molecule has 0 bridgehead atoms. The fourth-order valence-corrected chi connectivity index (χ4v) is 3.46. The Bertz CT molecular complexity index is 941. The highest BCUT2D eigenvalue weighted by Crippen LogP contribution is 2.21. The molecule has 2 aromatic rings. The van der Waals surface area contributed by atoms with Gasteiger partial charge in [0.25, 0.3) is 11.8 Å². The van der Waals surface area contributed by atoms with Crippen molar-refractivity contribution < 1.29 is 28.7 Å². The zero-order valence-corrected chi connectivity index (χ0v) is 20.2. The van der Waals surface area contributed by atoms with Crippen LogP contribution in [0.25, 0.3) is 11.5 Å². The fourth-order valence-electron chi connectivity index (χ4n) is 3.46. The number of nitrogens with one attached hydrogen (secondary N) is 1. The van der Waals surface area contributed by atoms with Gasteiger partial charge in [0.15, 0.2) is 5.82 Å². The van der Waals surface area contributed by atoms with Gasteiger partial charge in [0.05, 0.1) is 18.8 Å². The maximum absolute atomic E-state index is 12.3. The summed E-state index contributed by atoms with van der Waals surface area (Å²) in [7, 11) is 0. The Kier molecular flexibility index (Phi) is 8.62. The molecule has 1 atom stereocenters. The van der Waals surface area contributed by atoms with Crippen molar-refractivity contribution in [2.45, 2.75) is 71.3 Å². The Hall–Kier alpha value is -2.98. The number of hydrogen-bond acceptors (Lipinski definition) is 8. The molecule has 1 saturated heterocycles. The number of aliphatic hydroxyl groups excluding tert-OH is 1. The molecule has 0 saturated carbocycles. The molecule has 1 aliphatic heterocycles. The van der Waals surface area contributed by atoms with E-state index in [1.54, 1.807) is 29.2 Å². The summed E-state index contributed by atoms with van der Waals surface area (Å²) in [4.78, 5) is 30.5. The maximum Gasteiger partial charge on any atom is 0.410 e. The van der Waals surface area contributed by atoms with Crippen LogP contribution in [0.1, 0.15) is 63.1 Å². The molecule has 0 radical (unpaired) electrons. The number of hydrogen-bond donors (Lipinski definition) is 2. The van der Waals surface area contributed by atoms with Gasteiger partial charge < -0.3 is 29.3 Å². The van der Waals surface area contributed by atoms with Crippen molar-refractivity contribution in [2.75, 3.05) is 19.7 Å². The van der Waals surface area contributed by atoms with Crippen molar-refractivity contribution >= 4 is 12.0 Å². The Morgan fingerprint density at radius 2 is 1.91 bits per heavy atom. The highest BCUT2D eigenvalue weighted by molar-refractivity contribution is 5.94. The average molecular weight is 475 g/mol. The number of carbonyl (C=O) groups excluding carboxylic acids is 2. The summed E-state index contributed by atoms with van der Waals surface area (Å²) >= 11 is 0. The molecular formula is C24H34N4O6. The molecule has 1 fully saturated rings. The number of aliphatic hydroxyl groups is 1. The Balaban J connectivity index is 1.47. The van der Waals surface area contributed by atoms with Gasteiger partial charge in [-0.3, -0.25) is 4.79 Å². The standard InChI is InChI=1S/C24H34N4O6/c1-5-18(14-29)25-21(30)16-6-8-17(9-7-16)22-26-20(27-34-22)15-32-19-10-12-28(13-11-19)23(31)33-24(2,3)4/h6-9,18-19,29H,5,10-15H2,1-4H3,(H,25,30). The van der Waals surface area contributed by atoms with Crippen molar-refractivity contribution in [3.05, 3.63) is 35.7 Å². The van der Waals surface area contributed by atoms with Gasteiger partial charge in [-0.25, -0.2) is 4.79 Å². The van der Waals surface area contributed by atoms with Gasteiger partial charge in [-0.2, -0.15) is 4.98 Å². The third kappa shape index (κ3) is 7.26. The van der Waals surface area contributed by atoms with Crippen LogP contribution in [0.4, 0.5) is 4.79 Å². The van der Waals surface area contributed by atoms with E-state index in [1.807, 2.05) is 27.7 Å². The molecule has 1 unspecified atom stereocenters. The smallest absolute Gasteiger partial charge is 0.410 e. The van der Waals surface area contributed by atoms with E-state index in [1.165, 1.54) is 0 Å². The Morgan fingerprint density at radius 3 is 2.50 bits per heavy atom. The topological polar surface area (TPSA) is 127 Å². The van der Waals surface area contributed by atoms with Crippen molar-refractivity contribution in [2.24, 2.45) is 0 Å². The van der Waals surface area contributed by atoms with Crippen molar-refractivity contribution in [1.29, 1.82) is 0 Å². The van der Waals surface area contributed by atoms with Crippen LogP contribution < -0.4 is 5.32 Å². The lowest BCUT2D eigenvalue weighted by Crippen LogP contribution is -2.43. The molecule has 10 nitrogen and oxygen atoms in total. The van der Waals surface area contributed by atoms with Crippen LogP contribution in [0, 0.1) is 0 Å². The van der Waals surface area contributed by atoms with E-state index in [0.29, 0.717) is 55.2 Å². The minimum atomic E-state index is -0.508. The van der Waals surface area contributed by atoms with Gasteiger partial charge in [-0.05, 0) is 64.3 Å². The van der Waals surface area contributed by atoms with Gasteiger partial charge >= 0.3 is 6.09 Å². The number of nitrogens with zero attached hydrogens (tertiary/aromatic N) is 3. The van der Waals surface area contributed by atoms with Crippen molar-refractivity contribution in [1.82, 2.24) is 20.4 Å². The normalized spacial score (nSPS) is 15.7. The lowest BCUT2D eigenvalue weighted by Gasteiger charge is -2.33. The summed E-state index contributed by atoms with van der Waals surface area (Å²) in [5.74, 6) is 0.525. The molecule has 186 valence electrons. The van der Waals surface area contributed by atoms with E-state index in [9.17, 15) is 14.7 Å². The zero-order valence-electron chi connectivity index (χ0n) is 20.2. The first-order chi connectivity index (χ1) is 16.2. The number of likely N-dealkylation sites (tertiary alicyclic amines) is 1. The van der Waals surface area contributed by atoms with E-state index in [0.717, 1.165) is 0 Å². The lowest BCUT2D eigenvalue weighted by molar-refractivity contribution is -0.0190. The maximum atomic E-state index is 12.3. The van der Waals surface area contributed by atoms with E-state index < -0.39 is 5.60 Å². The molecule has 34 heavy (non-hydrogen) atoms. The van der Waals surface area contributed by atoms with Gasteiger partial charge in [-0.1, -0.05) is 12.1 Å². The first kappa shape index (κ1) is 25.6. The number of benzene rings is 1. The average Bonchev–Trinajstić information content (AvgIpc) is 3.29. The minimum absolute atomic E-state index is 0.00398. The summed E-state index contributed by atoms with van der Waals surface area (Å²) in [6, 6.07) is 6.55. The number of amides is 2. The molecule has 0 aliphatic carbocycles. The van der Waals surface area contributed by atoms with Gasteiger partial charge in [0.2, 0.25) is 0 Å². The second-order valence-corrected chi connectivity index (χ2v) is 9.33. The number of ether oxygens (including phenoxy) is 2. The SMILES string of the molecule is CCC(CO)NC(=O)c1ccc(-c2nc(COC3CCN(C(=O)OC(C)(C)C)CC3)no2)cc1. The van der Waals surface area contributed by atoms with Gasteiger partial charge in [0.1, 0.15) is 12.2 Å². The minimum Gasteiger partial charge on any atom is -0.444 e. The first-order valence-corrected chi connectivity index (χ1v) is 11.6. The van der Waals surface area contributed by atoms with Crippen molar-refractivity contribution in [3.63, 3.8) is 0 Å². The molecule has 2 N–H and O–H groups in total. The highest BCUT2D eigenvalue weighted by Gasteiger charge is 2.27. The largest absolute Gasteiger partial charge is 0.444 e. The molecule has 0 spiro atoms. The quantitative estimate of drug-likeness (QED) is 0.597. The molecular weight excluding hydrogens is 440 g/mol. The van der Waals surface area contributed by atoms with Crippen molar-refractivity contribution in [3.8, 4) is 11.5 Å². The van der Waals surface area contributed by atoms with Crippen LogP contribution in [0.3, 0.4) is 0 Å². The number of piperidine rings is 1. The van der Waals surface area contributed by atoms with Crippen LogP contribution in [-0.2, 0) is 16.1 Å². The molecule has 1 aliphatic rings. The van der Waals surface area contributed by atoms with Gasteiger partial charge in [0, 0.05) is 24.2 Å². The first-order valence-electron chi connectivity index (χ1n) is 11.6. The number of aromatic nitrogens is 2. The molecule has 1 aromatic carbocycles. The third-order valence-corrected chi connectivity index (χ3v) is 5.45. The monoisotopic (exact) mass is 474 g/mol. The second kappa shape index (κ2) is 11.4. The Morgan fingerprint density at radius 1 is 1.24 bits per heavy atom. The van der Waals surface area contributed by atoms with E-state index in [4.69, 9.17) is 14.0 Å². The molecule has 3 rings (SSSR count). The highest BCUT2D eigenvalue weighted by atomic mass is 16.6. The molecule has 1 aromatic heterocycles. The van der Waals surface area contributed by atoms with E-state index in [2.05, 4.69) is 15.5 Å².